The lowest BCUT2D eigenvalue weighted by Crippen LogP contribution is -2.44. The van der Waals surface area contributed by atoms with E-state index >= 15 is 0 Å². The standard InChI is InChI=1S/C14H18N2O2S/c1-9-3-4-11(7-10(9)2)15-14(18)12-8-19-6-5-13(17)16-12/h3-4,7,12H,5-6,8H2,1-2H3,(H,15,18)(H,16,17)/t12-/m1/s1. The largest absolute Gasteiger partial charge is 0.343 e. The SMILES string of the molecule is Cc1ccc(NC(=O)[C@H]2CSCCC(=O)N2)cc1C. The zero-order valence-electron chi connectivity index (χ0n) is 11.2. The van der Waals surface area contributed by atoms with Gasteiger partial charge in [0.05, 0.1) is 0 Å². The van der Waals surface area contributed by atoms with Crippen molar-refractivity contribution in [2.45, 2.75) is 26.3 Å². The van der Waals surface area contributed by atoms with Gasteiger partial charge in [-0.05, 0) is 37.1 Å². The van der Waals surface area contributed by atoms with Crippen LogP contribution in [0.25, 0.3) is 0 Å². The van der Waals surface area contributed by atoms with Crippen molar-refractivity contribution in [2.75, 3.05) is 16.8 Å². The molecule has 2 amide bonds. The normalized spacial score (nSPS) is 19.5. The van der Waals surface area contributed by atoms with Gasteiger partial charge in [0.25, 0.3) is 0 Å². The van der Waals surface area contributed by atoms with E-state index in [2.05, 4.69) is 10.6 Å². The molecule has 0 aliphatic carbocycles. The zero-order chi connectivity index (χ0) is 13.8. The third-order valence-electron chi connectivity index (χ3n) is 3.18. The van der Waals surface area contributed by atoms with E-state index in [-0.39, 0.29) is 11.8 Å². The molecule has 1 atom stereocenters. The van der Waals surface area contributed by atoms with Crippen LogP contribution < -0.4 is 10.6 Å². The molecule has 0 bridgehead atoms. The van der Waals surface area contributed by atoms with Crippen molar-refractivity contribution in [3.05, 3.63) is 29.3 Å². The van der Waals surface area contributed by atoms with Crippen molar-refractivity contribution in [1.29, 1.82) is 0 Å². The Morgan fingerprint density at radius 1 is 1.37 bits per heavy atom. The van der Waals surface area contributed by atoms with Gasteiger partial charge in [-0.2, -0.15) is 11.8 Å². The minimum Gasteiger partial charge on any atom is -0.343 e. The highest BCUT2D eigenvalue weighted by atomic mass is 32.2. The van der Waals surface area contributed by atoms with Gasteiger partial charge in [0.15, 0.2) is 0 Å². The number of thioether (sulfide) groups is 1. The van der Waals surface area contributed by atoms with E-state index in [9.17, 15) is 9.59 Å². The molecule has 1 aliphatic rings. The summed E-state index contributed by atoms with van der Waals surface area (Å²) in [5, 5.41) is 5.61. The molecule has 0 saturated carbocycles. The molecule has 1 aromatic rings. The third-order valence-corrected chi connectivity index (χ3v) is 4.25. The number of carbonyl (C=O) groups is 2. The minimum atomic E-state index is -0.443. The second-order valence-electron chi connectivity index (χ2n) is 4.73. The Bertz CT molecular complexity index is 502. The van der Waals surface area contributed by atoms with Crippen molar-refractivity contribution in [3.8, 4) is 0 Å². The quantitative estimate of drug-likeness (QED) is 0.868. The molecular weight excluding hydrogens is 260 g/mol. The van der Waals surface area contributed by atoms with Crippen LogP contribution in [0.3, 0.4) is 0 Å². The fourth-order valence-corrected chi connectivity index (χ4v) is 2.83. The first-order valence-electron chi connectivity index (χ1n) is 6.31. The van der Waals surface area contributed by atoms with Crippen LogP contribution in [0.2, 0.25) is 0 Å². The molecule has 102 valence electrons. The van der Waals surface area contributed by atoms with Gasteiger partial charge in [0, 0.05) is 23.6 Å². The molecule has 2 rings (SSSR count). The molecule has 0 spiro atoms. The van der Waals surface area contributed by atoms with E-state index in [1.165, 1.54) is 5.56 Å². The van der Waals surface area contributed by atoms with E-state index in [1.54, 1.807) is 11.8 Å². The summed E-state index contributed by atoms with van der Waals surface area (Å²) >= 11 is 1.63. The predicted molar refractivity (Wildman–Crippen MR) is 78.4 cm³/mol. The molecule has 0 unspecified atom stereocenters. The van der Waals surface area contributed by atoms with E-state index in [1.807, 2.05) is 32.0 Å². The predicted octanol–water partition coefficient (Wildman–Crippen LogP) is 1.86. The lowest BCUT2D eigenvalue weighted by atomic mass is 10.1. The number of hydrogen-bond donors (Lipinski definition) is 2. The second-order valence-corrected chi connectivity index (χ2v) is 5.88. The highest BCUT2D eigenvalue weighted by Gasteiger charge is 2.23. The zero-order valence-corrected chi connectivity index (χ0v) is 12.0. The Hall–Kier alpha value is -1.49. The van der Waals surface area contributed by atoms with E-state index < -0.39 is 6.04 Å². The van der Waals surface area contributed by atoms with Crippen LogP contribution in [0.1, 0.15) is 17.5 Å². The topological polar surface area (TPSA) is 58.2 Å². The smallest absolute Gasteiger partial charge is 0.247 e. The van der Waals surface area contributed by atoms with Crippen LogP contribution >= 0.6 is 11.8 Å². The van der Waals surface area contributed by atoms with Crippen LogP contribution in [0.15, 0.2) is 18.2 Å². The van der Waals surface area contributed by atoms with Crippen LogP contribution in [0, 0.1) is 13.8 Å². The van der Waals surface area contributed by atoms with Gasteiger partial charge >= 0.3 is 0 Å². The Morgan fingerprint density at radius 2 is 2.16 bits per heavy atom. The van der Waals surface area contributed by atoms with Crippen molar-refractivity contribution >= 4 is 29.3 Å². The van der Waals surface area contributed by atoms with Gasteiger partial charge in [0.1, 0.15) is 6.04 Å². The number of rotatable bonds is 2. The molecule has 1 aliphatic heterocycles. The lowest BCUT2D eigenvalue weighted by Gasteiger charge is -2.15. The number of benzene rings is 1. The summed E-state index contributed by atoms with van der Waals surface area (Å²) in [6.07, 6.45) is 0.484. The number of amides is 2. The summed E-state index contributed by atoms with van der Waals surface area (Å²) in [6.45, 7) is 4.04. The van der Waals surface area contributed by atoms with E-state index in [0.29, 0.717) is 12.2 Å². The first-order chi connectivity index (χ1) is 9.06. The molecule has 1 saturated heterocycles. The molecule has 1 aromatic carbocycles. The Morgan fingerprint density at radius 3 is 2.89 bits per heavy atom. The molecular formula is C14H18N2O2S. The summed E-state index contributed by atoms with van der Waals surface area (Å²) < 4.78 is 0. The molecule has 4 nitrogen and oxygen atoms in total. The molecule has 2 N–H and O–H groups in total. The highest BCUT2D eigenvalue weighted by molar-refractivity contribution is 7.99. The second kappa shape index (κ2) is 6.10. The molecule has 0 radical (unpaired) electrons. The number of nitrogens with one attached hydrogen (secondary N) is 2. The fraction of sp³-hybridized carbons (Fsp3) is 0.429. The van der Waals surface area contributed by atoms with Crippen LogP contribution in [-0.2, 0) is 9.59 Å². The van der Waals surface area contributed by atoms with Gasteiger partial charge in [0.2, 0.25) is 11.8 Å². The monoisotopic (exact) mass is 278 g/mol. The van der Waals surface area contributed by atoms with Gasteiger partial charge in [-0.1, -0.05) is 6.07 Å². The van der Waals surface area contributed by atoms with Crippen LogP contribution in [0.4, 0.5) is 5.69 Å². The number of aryl methyl sites for hydroxylation is 2. The summed E-state index contributed by atoms with van der Waals surface area (Å²) in [4.78, 5) is 23.6. The van der Waals surface area contributed by atoms with E-state index in [4.69, 9.17) is 0 Å². The summed E-state index contributed by atoms with van der Waals surface area (Å²) in [5.74, 6) is 1.21. The van der Waals surface area contributed by atoms with Gasteiger partial charge in [-0.15, -0.1) is 0 Å². The van der Waals surface area contributed by atoms with Gasteiger partial charge in [-0.3, -0.25) is 9.59 Å². The average molecular weight is 278 g/mol. The Balaban J connectivity index is 2.03. The van der Waals surface area contributed by atoms with Crippen molar-refractivity contribution in [2.24, 2.45) is 0 Å². The number of hydrogen-bond acceptors (Lipinski definition) is 3. The Kier molecular flexibility index (Phi) is 4.47. The van der Waals surface area contributed by atoms with Crippen molar-refractivity contribution < 1.29 is 9.59 Å². The van der Waals surface area contributed by atoms with Crippen LogP contribution in [0.5, 0.6) is 0 Å². The van der Waals surface area contributed by atoms with Gasteiger partial charge < -0.3 is 10.6 Å². The van der Waals surface area contributed by atoms with Crippen molar-refractivity contribution in [1.82, 2.24) is 5.32 Å². The Labute approximate surface area is 117 Å². The summed E-state index contributed by atoms with van der Waals surface area (Å²) in [7, 11) is 0. The van der Waals surface area contributed by atoms with Crippen molar-refractivity contribution in [3.63, 3.8) is 0 Å². The van der Waals surface area contributed by atoms with E-state index in [0.717, 1.165) is 17.0 Å². The summed E-state index contributed by atoms with van der Waals surface area (Å²) in [6, 6.07) is 5.36. The third kappa shape index (κ3) is 3.73. The molecule has 0 aromatic heterocycles. The molecule has 19 heavy (non-hydrogen) atoms. The maximum Gasteiger partial charge on any atom is 0.247 e. The first kappa shape index (κ1) is 13.9. The number of carbonyl (C=O) groups excluding carboxylic acids is 2. The molecule has 5 heteroatoms. The molecule has 1 fully saturated rings. The summed E-state index contributed by atoms with van der Waals surface area (Å²) in [5.41, 5.74) is 3.10. The minimum absolute atomic E-state index is 0.0507. The van der Waals surface area contributed by atoms with Gasteiger partial charge in [-0.25, -0.2) is 0 Å². The number of anilines is 1. The molecule has 1 heterocycles. The maximum absolute atomic E-state index is 12.1. The average Bonchev–Trinajstić information content (AvgIpc) is 2.58. The first-order valence-corrected chi connectivity index (χ1v) is 7.47. The maximum atomic E-state index is 12.1. The lowest BCUT2D eigenvalue weighted by molar-refractivity contribution is -0.125. The fourth-order valence-electron chi connectivity index (χ4n) is 1.86. The highest BCUT2D eigenvalue weighted by Crippen LogP contribution is 2.16. The van der Waals surface area contributed by atoms with Crippen LogP contribution in [-0.4, -0.2) is 29.4 Å².